The van der Waals surface area contributed by atoms with Gasteiger partial charge in [-0.1, -0.05) is 12.1 Å². The fourth-order valence-electron chi connectivity index (χ4n) is 2.03. The molecule has 0 bridgehead atoms. The summed E-state index contributed by atoms with van der Waals surface area (Å²) in [4.78, 5) is 6.61. The Kier molecular flexibility index (Phi) is 1.52. The smallest absolute Gasteiger partial charge is 0.220 e. The normalized spacial score (nSPS) is 19.1. The van der Waals surface area contributed by atoms with Gasteiger partial charge in [-0.3, -0.25) is 4.99 Å². The second-order valence-electron chi connectivity index (χ2n) is 3.55. The summed E-state index contributed by atoms with van der Waals surface area (Å²) in [7, 11) is 0. The zero-order chi connectivity index (χ0) is 9.54. The molecule has 1 aromatic carbocycles. The third-order valence-electron chi connectivity index (χ3n) is 2.68. The van der Waals surface area contributed by atoms with Gasteiger partial charge < -0.3 is 4.90 Å². The highest BCUT2D eigenvalue weighted by Crippen LogP contribution is 2.35. The summed E-state index contributed by atoms with van der Waals surface area (Å²) >= 11 is 0. The molecule has 0 radical (unpaired) electrons. The molecular formula is C10H12N4. The number of rotatable bonds is 0. The molecule has 0 atom stereocenters. The van der Waals surface area contributed by atoms with Crippen LogP contribution in [0.2, 0.25) is 0 Å². The number of hydrazine groups is 1. The summed E-state index contributed by atoms with van der Waals surface area (Å²) in [6.07, 6.45) is 1.10. The number of hydrogen-bond donors (Lipinski definition) is 1. The number of nitrogens with zero attached hydrogens (tertiary/aromatic N) is 3. The molecule has 0 saturated heterocycles. The molecule has 1 aromatic rings. The van der Waals surface area contributed by atoms with Gasteiger partial charge in [0.15, 0.2) is 0 Å². The molecule has 0 amide bonds. The molecule has 0 unspecified atom stereocenters. The van der Waals surface area contributed by atoms with Gasteiger partial charge in [-0.05, 0) is 18.6 Å². The zero-order valence-corrected chi connectivity index (χ0v) is 7.85. The maximum atomic E-state index is 5.96. The Morgan fingerprint density at radius 2 is 2.00 bits per heavy atom. The van der Waals surface area contributed by atoms with Crippen LogP contribution < -0.4 is 15.8 Å². The molecule has 4 heteroatoms. The van der Waals surface area contributed by atoms with E-state index in [-0.39, 0.29) is 0 Å². The van der Waals surface area contributed by atoms with Crippen LogP contribution >= 0.6 is 0 Å². The summed E-state index contributed by atoms with van der Waals surface area (Å²) in [6, 6.07) is 8.14. The van der Waals surface area contributed by atoms with E-state index in [9.17, 15) is 0 Å². The highest BCUT2D eigenvalue weighted by Gasteiger charge is 2.31. The fraction of sp³-hybridized carbons (Fsp3) is 0.300. The number of anilines is 2. The van der Waals surface area contributed by atoms with E-state index in [0.29, 0.717) is 0 Å². The first-order chi connectivity index (χ1) is 6.88. The molecule has 0 saturated carbocycles. The Bertz CT molecular complexity index is 399. The number of fused-ring (bicyclic) bond motifs is 3. The standard InChI is InChI=1S/C10H12N4/c11-14-9-5-2-1-4-8(9)13-7-3-6-12-10(13)14/h1-2,4-5H,3,6-7,11H2. The lowest BCUT2D eigenvalue weighted by Gasteiger charge is -2.24. The molecule has 3 rings (SSSR count). The average Bonchev–Trinajstić information content (AvgIpc) is 2.55. The molecule has 2 aliphatic heterocycles. The van der Waals surface area contributed by atoms with E-state index in [1.54, 1.807) is 5.01 Å². The monoisotopic (exact) mass is 188 g/mol. The Morgan fingerprint density at radius 1 is 1.21 bits per heavy atom. The van der Waals surface area contributed by atoms with Crippen LogP contribution in [0.15, 0.2) is 29.3 Å². The van der Waals surface area contributed by atoms with Crippen molar-refractivity contribution >= 4 is 17.3 Å². The molecule has 0 aromatic heterocycles. The van der Waals surface area contributed by atoms with E-state index >= 15 is 0 Å². The summed E-state index contributed by atoms with van der Waals surface area (Å²) in [5.41, 5.74) is 2.22. The van der Waals surface area contributed by atoms with Gasteiger partial charge >= 0.3 is 0 Å². The predicted octanol–water partition coefficient (Wildman–Crippen LogP) is 0.946. The summed E-state index contributed by atoms with van der Waals surface area (Å²) in [6.45, 7) is 1.90. The SMILES string of the molecule is NN1C2=NCCCN2c2ccccc21. The van der Waals surface area contributed by atoms with Crippen molar-refractivity contribution < 1.29 is 0 Å². The van der Waals surface area contributed by atoms with Crippen LogP contribution in [0, 0.1) is 0 Å². The Labute approximate surface area is 82.6 Å². The minimum Gasteiger partial charge on any atom is -0.309 e. The van der Waals surface area contributed by atoms with E-state index < -0.39 is 0 Å². The lowest BCUT2D eigenvalue weighted by Crippen LogP contribution is -2.45. The number of nitrogens with two attached hydrogens (primary N) is 1. The Morgan fingerprint density at radius 3 is 2.86 bits per heavy atom. The fourth-order valence-corrected chi connectivity index (χ4v) is 2.03. The molecule has 72 valence electrons. The molecular weight excluding hydrogens is 176 g/mol. The topological polar surface area (TPSA) is 44.9 Å². The molecule has 2 aliphatic rings. The first kappa shape index (κ1) is 7.82. The van der Waals surface area contributed by atoms with Crippen LogP contribution in [-0.4, -0.2) is 19.0 Å². The molecule has 0 aliphatic carbocycles. The van der Waals surface area contributed by atoms with Crippen molar-refractivity contribution in [1.29, 1.82) is 0 Å². The van der Waals surface area contributed by atoms with Crippen molar-refractivity contribution in [3.05, 3.63) is 24.3 Å². The zero-order valence-electron chi connectivity index (χ0n) is 7.85. The minimum absolute atomic E-state index is 0.882. The average molecular weight is 188 g/mol. The van der Waals surface area contributed by atoms with Crippen molar-refractivity contribution in [3.8, 4) is 0 Å². The highest BCUT2D eigenvalue weighted by atomic mass is 15.6. The van der Waals surface area contributed by atoms with Crippen LogP contribution in [0.3, 0.4) is 0 Å². The van der Waals surface area contributed by atoms with Crippen LogP contribution in [0.5, 0.6) is 0 Å². The first-order valence-electron chi connectivity index (χ1n) is 4.84. The summed E-state index contributed by atoms with van der Waals surface area (Å²) < 4.78 is 0. The van der Waals surface area contributed by atoms with Crippen LogP contribution in [-0.2, 0) is 0 Å². The van der Waals surface area contributed by atoms with Gasteiger partial charge in [0.1, 0.15) is 0 Å². The third-order valence-corrected chi connectivity index (χ3v) is 2.68. The van der Waals surface area contributed by atoms with Crippen LogP contribution in [0.4, 0.5) is 11.4 Å². The lowest BCUT2D eigenvalue weighted by atomic mass is 10.2. The number of guanidine groups is 1. The van der Waals surface area contributed by atoms with E-state index in [2.05, 4.69) is 16.0 Å². The van der Waals surface area contributed by atoms with Gasteiger partial charge in [0, 0.05) is 13.1 Å². The quantitative estimate of drug-likeness (QED) is 0.616. The number of aliphatic imine (C=N–C) groups is 1. The summed E-state index contributed by atoms with van der Waals surface area (Å²) in [5.74, 6) is 6.85. The van der Waals surface area contributed by atoms with Crippen LogP contribution in [0.1, 0.15) is 6.42 Å². The number of hydrogen-bond acceptors (Lipinski definition) is 4. The van der Waals surface area contributed by atoms with E-state index in [0.717, 1.165) is 31.2 Å². The van der Waals surface area contributed by atoms with Crippen molar-refractivity contribution in [2.24, 2.45) is 10.8 Å². The highest BCUT2D eigenvalue weighted by molar-refractivity contribution is 6.15. The van der Waals surface area contributed by atoms with Crippen molar-refractivity contribution in [1.82, 2.24) is 0 Å². The second kappa shape index (κ2) is 2.72. The van der Waals surface area contributed by atoms with Gasteiger partial charge in [0.05, 0.1) is 11.4 Å². The van der Waals surface area contributed by atoms with Gasteiger partial charge in [-0.15, -0.1) is 0 Å². The maximum absolute atomic E-state index is 5.96. The van der Waals surface area contributed by atoms with Crippen molar-refractivity contribution in [3.63, 3.8) is 0 Å². The second-order valence-corrected chi connectivity index (χ2v) is 3.55. The van der Waals surface area contributed by atoms with Crippen molar-refractivity contribution in [2.45, 2.75) is 6.42 Å². The predicted molar refractivity (Wildman–Crippen MR) is 57.4 cm³/mol. The van der Waals surface area contributed by atoms with Crippen LogP contribution in [0.25, 0.3) is 0 Å². The minimum atomic E-state index is 0.882. The maximum Gasteiger partial charge on any atom is 0.220 e. The summed E-state index contributed by atoms with van der Waals surface area (Å²) in [5, 5.41) is 1.68. The van der Waals surface area contributed by atoms with Gasteiger partial charge in [-0.2, -0.15) is 0 Å². The van der Waals surface area contributed by atoms with Crippen molar-refractivity contribution in [2.75, 3.05) is 23.0 Å². The number of para-hydroxylation sites is 2. The van der Waals surface area contributed by atoms with Gasteiger partial charge in [-0.25, -0.2) is 10.9 Å². The lowest BCUT2D eigenvalue weighted by molar-refractivity contribution is 0.788. The molecule has 14 heavy (non-hydrogen) atoms. The van der Waals surface area contributed by atoms with E-state index in [4.69, 9.17) is 5.84 Å². The van der Waals surface area contributed by atoms with Gasteiger partial charge in [0.25, 0.3) is 0 Å². The molecule has 2 heterocycles. The van der Waals surface area contributed by atoms with E-state index in [1.165, 1.54) is 5.69 Å². The molecule has 2 N–H and O–H groups in total. The molecule has 4 nitrogen and oxygen atoms in total. The largest absolute Gasteiger partial charge is 0.309 e. The third kappa shape index (κ3) is 0.886. The van der Waals surface area contributed by atoms with E-state index in [1.807, 2.05) is 18.2 Å². The van der Waals surface area contributed by atoms with Gasteiger partial charge in [0.2, 0.25) is 5.96 Å². The Hall–Kier alpha value is -1.55. The Balaban J connectivity index is 2.17. The first-order valence-corrected chi connectivity index (χ1v) is 4.84. The number of benzene rings is 1. The molecule has 0 fully saturated rings. The molecule has 0 spiro atoms.